The molecule has 146 valence electrons. The van der Waals surface area contributed by atoms with Gasteiger partial charge in [0.15, 0.2) is 9.84 Å². The van der Waals surface area contributed by atoms with E-state index in [4.69, 9.17) is 0 Å². The molecule has 0 fully saturated rings. The highest BCUT2D eigenvalue weighted by Crippen LogP contribution is 2.20. The lowest BCUT2D eigenvalue weighted by Crippen LogP contribution is -2.31. The van der Waals surface area contributed by atoms with Gasteiger partial charge in [0.2, 0.25) is 0 Å². The van der Waals surface area contributed by atoms with E-state index in [1.807, 2.05) is 18.2 Å². The fraction of sp³-hybridized carbons (Fsp3) is 0.381. The summed E-state index contributed by atoms with van der Waals surface area (Å²) in [7, 11) is -3.51. The number of nitrogens with zero attached hydrogens (tertiary/aromatic N) is 1. The van der Waals surface area contributed by atoms with Crippen molar-refractivity contribution in [3.8, 4) is 0 Å². The van der Waals surface area contributed by atoms with Gasteiger partial charge < -0.3 is 10.2 Å². The summed E-state index contributed by atoms with van der Waals surface area (Å²) >= 11 is 0. The standard InChI is InChI=1S/C21H28N2O3S/c1-4-23(18-11-6-5-7-12-18)16-10-15-22-21(24)19-13-8-9-14-20(19)27(25,26)17(2)3/h5-9,11-14,17H,4,10,15-16H2,1-3H3,(H,22,24). The number of para-hydroxylation sites is 1. The second-order valence-corrected chi connectivity index (χ2v) is 9.09. The van der Waals surface area contributed by atoms with Gasteiger partial charge in [0.1, 0.15) is 0 Å². The summed E-state index contributed by atoms with van der Waals surface area (Å²) in [5.41, 5.74) is 1.36. The Kier molecular flexibility index (Phi) is 7.42. The number of hydrogen-bond acceptors (Lipinski definition) is 4. The Morgan fingerprint density at radius 3 is 2.30 bits per heavy atom. The van der Waals surface area contributed by atoms with Crippen molar-refractivity contribution in [2.75, 3.05) is 24.5 Å². The van der Waals surface area contributed by atoms with Crippen LogP contribution < -0.4 is 10.2 Å². The van der Waals surface area contributed by atoms with Crippen LogP contribution >= 0.6 is 0 Å². The molecule has 0 aliphatic heterocycles. The Bertz CT molecular complexity index is 849. The maximum atomic E-state index is 12.5. The largest absolute Gasteiger partial charge is 0.372 e. The molecule has 2 aromatic carbocycles. The zero-order chi connectivity index (χ0) is 19.9. The Balaban J connectivity index is 1.97. The number of sulfone groups is 1. The van der Waals surface area contributed by atoms with Gasteiger partial charge in [-0.3, -0.25) is 4.79 Å². The van der Waals surface area contributed by atoms with Crippen molar-refractivity contribution in [1.29, 1.82) is 0 Å². The first-order chi connectivity index (χ1) is 12.9. The van der Waals surface area contributed by atoms with Crippen LogP contribution in [-0.2, 0) is 9.84 Å². The molecular weight excluding hydrogens is 360 g/mol. The number of nitrogens with one attached hydrogen (secondary N) is 1. The van der Waals surface area contributed by atoms with Crippen LogP contribution in [0.4, 0.5) is 5.69 Å². The Morgan fingerprint density at radius 2 is 1.67 bits per heavy atom. The van der Waals surface area contributed by atoms with Crippen LogP contribution in [0.1, 0.15) is 37.6 Å². The molecular formula is C21H28N2O3S. The molecule has 1 amide bonds. The first-order valence-electron chi connectivity index (χ1n) is 9.29. The molecule has 5 nitrogen and oxygen atoms in total. The molecule has 2 rings (SSSR count). The predicted molar refractivity (Wildman–Crippen MR) is 110 cm³/mol. The van der Waals surface area contributed by atoms with Crippen molar-refractivity contribution in [3.63, 3.8) is 0 Å². The van der Waals surface area contributed by atoms with Crippen LogP contribution in [0.3, 0.4) is 0 Å². The highest BCUT2D eigenvalue weighted by molar-refractivity contribution is 7.92. The highest BCUT2D eigenvalue weighted by Gasteiger charge is 2.24. The van der Waals surface area contributed by atoms with Gasteiger partial charge in [-0.15, -0.1) is 0 Å². The maximum absolute atomic E-state index is 12.5. The number of rotatable bonds is 9. The molecule has 2 aromatic rings. The fourth-order valence-electron chi connectivity index (χ4n) is 2.83. The molecule has 1 N–H and O–H groups in total. The normalized spacial score (nSPS) is 11.4. The highest BCUT2D eigenvalue weighted by atomic mass is 32.2. The average Bonchev–Trinajstić information content (AvgIpc) is 2.68. The van der Waals surface area contributed by atoms with Crippen LogP contribution in [0.15, 0.2) is 59.5 Å². The van der Waals surface area contributed by atoms with E-state index < -0.39 is 15.1 Å². The number of carbonyl (C=O) groups is 1. The summed E-state index contributed by atoms with van der Waals surface area (Å²) in [6.45, 7) is 7.51. The quantitative estimate of drug-likeness (QED) is 0.668. The van der Waals surface area contributed by atoms with Crippen molar-refractivity contribution in [2.45, 2.75) is 37.3 Å². The van der Waals surface area contributed by atoms with Gasteiger partial charge >= 0.3 is 0 Å². The lowest BCUT2D eigenvalue weighted by atomic mass is 10.2. The third kappa shape index (κ3) is 5.32. The molecule has 0 saturated carbocycles. The van der Waals surface area contributed by atoms with E-state index >= 15 is 0 Å². The number of carbonyl (C=O) groups excluding carboxylic acids is 1. The maximum Gasteiger partial charge on any atom is 0.252 e. The van der Waals surface area contributed by atoms with Crippen molar-refractivity contribution in [3.05, 3.63) is 60.2 Å². The number of hydrogen-bond donors (Lipinski definition) is 1. The van der Waals surface area contributed by atoms with E-state index in [9.17, 15) is 13.2 Å². The van der Waals surface area contributed by atoms with E-state index in [1.54, 1.807) is 32.0 Å². The lowest BCUT2D eigenvalue weighted by Gasteiger charge is -2.23. The van der Waals surface area contributed by atoms with Crippen molar-refractivity contribution < 1.29 is 13.2 Å². The Labute approximate surface area is 162 Å². The SMILES string of the molecule is CCN(CCCNC(=O)c1ccccc1S(=O)(=O)C(C)C)c1ccccc1. The minimum absolute atomic E-state index is 0.0944. The fourth-order valence-corrected chi connectivity index (χ4v) is 4.08. The smallest absolute Gasteiger partial charge is 0.252 e. The molecule has 0 unspecified atom stereocenters. The van der Waals surface area contributed by atoms with Gasteiger partial charge in [-0.1, -0.05) is 30.3 Å². The Morgan fingerprint density at radius 1 is 1.04 bits per heavy atom. The monoisotopic (exact) mass is 388 g/mol. The summed E-state index contributed by atoms with van der Waals surface area (Å²) in [5, 5.41) is 2.28. The molecule has 0 spiro atoms. The number of benzene rings is 2. The molecule has 0 aromatic heterocycles. The third-order valence-electron chi connectivity index (χ3n) is 4.45. The summed E-state index contributed by atoms with van der Waals surface area (Å²) in [4.78, 5) is 14.9. The van der Waals surface area contributed by atoms with Crippen LogP contribution in [0, 0.1) is 0 Å². The number of anilines is 1. The molecule has 0 aliphatic rings. The first kappa shape index (κ1) is 21.0. The van der Waals surface area contributed by atoms with E-state index in [-0.39, 0.29) is 16.4 Å². The van der Waals surface area contributed by atoms with Crippen molar-refractivity contribution in [2.24, 2.45) is 0 Å². The van der Waals surface area contributed by atoms with E-state index in [2.05, 4.69) is 29.3 Å². The van der Waals surface area contributed by atoms with E-state index in [0.717, 1.165) is 25.2 Å². The topological polar surface area (TPSA) is 66.5 Å². The van der Waals surface area contributed by atoms with Gasteiger partial charge in [-0.25, -0.2) is 8.42 Å². The van der Waals surface area contributed by atoms with E-state index in [1.165, 1.54) is 6.07 Å². The molecule has 0 aliphatic carbocycles. The Hall–Kier alpha value is -2.34. The van der Waals surface area contributed by atoms with Crippen molar-refractivity contribution >= 4 is 21.4 Å². The second kappa shape index (κ2) is 9.55. The van der Waals surface area contributed by atoms with Crippen LogP contribution in [0.2, 0.25) is 0 Å². The summed E-state index contributed by atoms with van der Waals surface area (Å²) in [6.07, 6.45) is 0.771. The van der Waals surface area contributed by atoms with E-state index in [0.29, 0.717) is 6.54 Å². The molecule has 0 atom stereocenters. The van der Waals surface area contributed by atoms with Gasteiger partial charge in [-0.05, 0) is 51.5 Å². The zero-order valence-corrected chi connectivity index (χ0v) is 17.0. The molecule has 0 saturated heterocycles. The van der Waals surface area contributed by atoms with Crippen LogP contribution in [-0.4, -0.2) is 39.2 Å². The summed E-state index contributed by atoms with van der Waals surface area (Å²) in [6, 6.07) is 16.5. The molecule has 27 heavy (non-hydrogen) atoms. The van der Waals surface area contributed by atoms with Gasteiger partial charge in [-0.2, -0.15) is 0 Å². The molecule has 6 heteroatoms. The van der Waals surface area contributed by atoms with Gasteiger partial charge in [0.25, 0.3) is 5.91 Å². The summed E-state index contributed by atoms with van der Waals surface area (Å²) in [5.74, 6) is -0.349. The predicted octanol–water partition coefficient (Wildman–Crippen LogP) is 3.52. The minimum Gasteiger partial charge on any atom is -0.372 e. The number of amides is 1. The first-order valence-corrected chi connectivity index (χ1v) is 10.8. The van der Waals surface area contributed by atoms with Crippen LogP contribution in [0.5, 0.6) is 0 Å². The van der Waals surface area contributed by atoms with Gasteiger partial charge in [0, 0.05) is 25.3 Å². The molecule has 0 bridgehead atoms. The van der Waals surface area contributed by atoms with Crippen molar-refractivity contribution in [1.82, 2.24) is 5.32 Å². The zero-order valence-electron chi connectivity index (χ0n) is 16.2. The lowest BCUT2D eigenvalue weighted by molar-refractivity contribution is 0.0950. The molecule has 0 radical (unpaired) electrons. The summed E-state index contributed by atoms with van der Waals surface area (Å²) < 4.78 is 25.0. The average molecular weight is 389 g/mol. The van der Waals surface area contributed by atoms with Crippen LogP contribution in [0.25, 0.3) is 0 Å². The molecule has 0 heterocycles. The third-order valence-corrected chi connectivity index (χ3v) is 6.66. The second-order valence-electron chi connectivity index (χ2n) is 6.61. The minimum atomic E-state index is -3.51. The van der Waals surface area contributed by atoms with Gasteiger partial charge in [0.05, 0.1) is 15.7 Å².